The molecule has 29 heteroatoms. The predicted octanol–water partition coefficient (Wildman–Crippen LogP) is 14.6. The van der Waals surface area contributed by atoms with Crippen LogP contribution in [0.25, 0.3) is 34.4 Å². The number of halogens is 11. The summed E-state index contributed by atoms with van der Waals surface area (Å²) in [7, 11) is 0. The van der Waals surface area contributed by atoms with Crippen LogP contribution in [0.5, 0.6) is 0 Å². The Morgan fingerprint density at radius 1 is 0.403 bits per heavy atom. The standard InChI is InChI=1S/C16H9ClF3N3O2S.C16H9F4N3O2S.C16H10F3N3O2S/c2*17-12-4-2-1-3-11(12)14-22-23-15(25-14)21-13(24)9-5-7-10(8-6-9)26-16(18,19)20;17-16(18,19)25-12-8-6-10(7-9-12)13(23)20-15-22-21-14(24-15)11-4-2-1-3-5-11/h2*1-8H,(H,21,23,24);1-9H,(H,20,22,23). The molecule has 3 amide bonds. The van der Waals surface area contributed by atoms with Gasteiger partial charge in [-0.15, -0.1) is 15.3 Å². The number of aromatic nitrogens is 6. The smallest absolute Gasteiger partial charge is 0.403 e. The Bertz CT molecular complexity index is 3290. The highest BCUT2D eigenvalue weighted by atomic mass is 35.5. The van der Waals surface area contributed by atoms with Gasteiger partial charge >= 0.3 is 34.6 Å². The van der Waals surface area contributed by atoms with Crippen molar-refractivity contribution in [3.63, 3.8) is 0 Å². The monoisotopic (exact) mass is 1150 g/mol. The van der Waals surface area contributed by atoms with Gasteiger partial charge in [0, 0.05) is 36.9 Å². The van der Waals surface area contributed by atoms with Crippen LogP contribution in [-0.4, -0.2) is 64.8 Å². The Balaban J connectivity index is 0.000000168. The van der Waals surface area contributed by atoms with Crippen molar-refractivity contribution in [3.8, 4) is 34.4 Å². The van der Waals surface area contributed by atoms with Gasteiger partial charge < -0.3 is 13.3 Å². The topological polar surface area (TPSA) is 204 Å². The number of nitrogens with one attached hydrogen (secondary N) is 3. The third-order valence-electron chi connectivity index (χ3n) is 9.22. The van der Waals surface area contributed by atoms with Crippen LogP contribution in [0.4, 0.5) is 61.9 Å². The molecule has 0 aliphatic carbocycles. The van der Waals surface area contributed by atoms with Crippen molar-refractivity contribution < 1.29 is 71.5 Å². The molecule has 0 bridgehead atoms. The first kappa shape index (κ1) is 56.5. The zero-order chi connectivity index (χ0) is 55.3. The van der Waals surface area contributed by atoms with E-state index >= 15 is 0 Å². The minimum atomic E-state index is -4.41. The minimum absolute atomic E-state index is 0.00629. The molecule has 3 N–H and O–H groups in total. The molecule has 0 saturated heterocycles. The lowest BCUT2D eigenvalue weighted by Gasteiger charge is -2.06. The minimum Gasteiger partial charge on any atom is -0.403 e. The molecule has 3 aromatic heterocycles. The van der Waals surface area contributed by atoms with Crippen LogP contribution in [0.15, 0.2) is 180 Å². The van der Waals surface area contributed by atoms with Crippen LogP contribution < -0.4 is 16.0 Å². The van der Waals surface area contributed by atoms with Gasteiger partial charge in [0.25, 0.3) is 29.5 Å². The number of nitrogens with zero attached hydrogens (tertiary/aromatic N) is 6. The number of amides is 3. The molecule has 0 saturated carbocycles. The quantitative estimate of drug-likeness (QED) is 0.0769. The van der Waals surface area contributed by atoms with Crippen molar-refractivity contribution >= 4 is 82.7 Å². The molecule has 9 aromatic rings. The van der Waals surface area contributed by atoms with E-state index < -0.39 is 40.1 Å². The third-order valence-corrected chi connectivity index (χ3v) is 11.8. The summed E-state index contributed by atoms with van der Waals surface area (Å²) in [5, 5.41) is 29.8. The van der Waals surface area contributed by atoms with Gasteiger partial charge in [0.2, 0.25) is 5.89 Å². The van der Waals surface area contributed by atoms with Crippen molar-refractivity contribution in [2.45, 2.75) is 31.2 Å². The SMILES string of the molecule is O=C(Nc1nnc(-c2ccccc2)o1)c1ccc(SC(F)(F)F)cc1.O=C(Nc1nnc(-c2ccccc2Cl)o1)c1ccc(SC(F)(F)F)cc1.O=C(Nc1nnc(-c2ccccc2F)o1)c1ccc(SC(F)(F)F)cc1. The van der Waals surface area contributed by atoms with Gasteiger partial charge in [-0.25, -0.2) is 4.39 Å². The molecule has 0 radical (unpaired) electrons. The highest BCUT2D eigenvalue weighted by molar-refractivity contribution is 8.00. The first-order chi connectivity index (χ1) is 36.5. The number of benzene rings is 6. The molecule has 0 spiro atoms. The Kier molecular flexibility index (Phi) is 18.4. The molecule has 15 nitrogen and oxygen atoms in total. The van der Waals surface area contributed by atoms with Crippen molar-refractivity contribution in [1.82, 2.24) is 30.6 Å². The summed E-state index contributed by atoms with van der Waals surface area (Å²) >= 11 is 5.25. The molecule has 0 aliphatic heterocycles. The molecule has 0 fully saturated rings. The average molecular weight is 1150 g/mol. The Morgan fingerprint density at radius 2 is 0.727 bits per heavy atom. The van der Waals surface area contributed by atoms with Gasteiger partial charge in [0.15, 0.2) is 0 Å². The summed E-state index contributed by atoms with van der Waals surface area (Å²) in [6, 6.07) is 35.8. The molecular weight excluding hydrogens is 1120 g/mol. The maximum absolute atomic E-state index is 13.7. The lowest BCUT2D eigenvalue weighted by atomic mass is 10.2. The number of hydrogen-bond acceptors (Lipinski definition) is 15. The van der Waals surface area contributed by atoms with Crippen LogP contribution in [0, 0.1) is 5.82 Å². The van der Waals surface area contributed by atoms with Crippen molar-refractivity contribution in [3.05, 3.63) is 179 Å². The summed E-state index contributed by atoms with van der Waals surface area (Å²) in [5.41, 5.74) is -11.5. The number of anilines is 3. The van der Waals surface area contributed by atoms with E-state index in [-0.39, 0.29) is 108 Å². The van der Waals surface area contributed by atoms with Crippen molar-refractivity contribution in [2.24, 2.45) is 0 Å². The molecular formula is C48H28ClF10N9O6S3. The summed E-state index contributed by atoms with van der Waals surface area (Å²) in [5.74, 6) is -2.12. The van der Waals surface area contributed by atoms with Crippen molar-refractivity contribution in [1.29, 1.82) is 0 Å². The number of thioether (sulfide) groups is 3. The molecule has 0 aliphatic rings. The van der Waals surface area contributed by atoms with Crippen LogP contribution in [-0.2, 0) is 0 Å². The van der Waals surface area contributed by atoms with Gasteiger partial charge in [0.05, 0.1) is 16.1 Å². The maximum atomic E-state index is 13.7. The molecule has 77 heavy (non-hydrogen) atoms. The van der Waals surface area contributed by atoms with Gasteiger partial charge in [-0.3, -0.25) is 30.3 Å². The summed E-state index contributed by atoms with van der Waals surface area (Å²) < 4.78 is 140. The normalized spacial score (nSPS) is 11.4. The number of carbonyl (C=O) groups excluding carboxylic acids is 3. The average Bonchev–Trinajstić information content (AvgIpc) is 4.17. The maximum Gasteiger partial charge on any atom is 0.446 e. The Labute approximate surface area is 443 Å². The third kappa shape index (κ3) is 17.4. The fraction of sp³-hybridized carbons (Fsp3) is 0.0625. The summed E-state index contributed by atoms with van der Waals surface area (Å²) in [4.78, 5) is 36.2. The van der Waals surface area contributed by atoms with Crippen LogP contribution in [0.3, 0.4) is 0 Å². The van der Waals surface area contributed by atoms with Crippen LogP contribution in [0.1, 0.15) is 31.1 Å². The molecule has 396 valence electrons. The fourth-order valence-electron chi connectivity index (χ4n) is 5.94. The lowest BCUT2D eigenvalue weighted by molar-refractivity contribution is -0.0337. The predicted molar refractivity (Wildman–Crippen MR) is 263 cm³/mol. The molecule has 0 unspecified atom stereocenters. The first-order valence-corrected chi connectivity index (χ1v) is 23.9. The fourth-order valence-corrected chi connectivity index (χ4v) is 7.77. The van der Waals surface area contributed by atoms with Crippen LogP contribution >= 0.6 is 46.9 Å². The largest absolute Gasteiger partial charge is 0.446 e. The van der Waals surface area contributed by atoms with E-state index in [2.05, 4.69) is 46.5 Å². The molecule has 0 atom stereocenters. The van der Waals surface area contributed by atoms with Gasteiger partial charge in [0.1, 0.15) is 5.82 Å². The second-order valence-corrected chi connectivity index (χ2v) is 18.5. The summed E-state index contributed by atoms with van der Waals surface area (Å²) in [6.07, 6.45) is 0. The van der Waals surface area contributed by atoms with E-state index in [9.17, 15) is 58.3 Å². The van der Waals surface area contributed by atoms with E-state index in [4.69, 9.17) is 24.9 Å². The van der Waals surface area contributed by atoms with E-state index in [1.54, 1.807) is 54.6 Å². The Morgan fingerprint density at radius 3 is 1.10 bits per heavy atom. The zero-order valence-electron chi connectivity index (χ0n) is 37.9. The number of carbonyl (C=O) groups is 3. The van der Waals surface area contributed by atoms with Gasteiger partial charge in [-0.2, -0.15) is 39.5 Å². The zero-order valence-corrected chi connectivity index (χ0v) is 41.2. The number of alkyl halides is 9. The van der Waals surface area contributed by atoms with Crippen LogP contribution in [0.2, 0.25) is 5.02 Å². The number of rotatable bonds is 12. The molecule has 6 aromatic carbocycles. The second kappa shape index (κ2) is 25.1. The van der Waals surface area contributed by atoms with E-state index in [1.807, 2.05) is 6.07 Å². The van der Waals surface area contributed by atoms with Gasteiger partial charge in [-0.05, 0) is 144 Å². The number of hydrogen-bond donors (Lipinski definition) is 3. The highest BCUT2D eigenvalue weighted by Gasteiger charge is 2.31. The lowest BCUT2D eigenvalue weighted by Crippen LogP contribution is -2.12. The molecule has 3 heterocycles. The Hall–Kier alpha value is -8.21. The summed E-state index contributed by atoms with van der Waals surface area (Å²) in [6.45, 7) is 0. The van der Waals surface area contributed by atoms with E-state index in [0.717, 1.165) is 0 Å². The first-order valence-electron chi connectivity index (χ1n) is 21.1. The van der Waals surface area contributed by atoms with Gasteiger partial charge in [-0.1, -0.05) is 69.4 Å². The molecule has 9 rings (SSSR count). The van der Waals surface area contributed by atoms with E-state index in [1.165, 1.54) is 91.0 Å². The van der Waals surface area contributed by atoms with E-state index in [0.29, 0.717) is 16.1 Å². The van der Waals surface area contributed by atoms with Crippen molar-refractivity contribution in [2.75, 3.05) is 16.0 Å². The second-order valence-electron chi connectivity index (χ2n) is 14.6. The highest BCUT2D eigenvalue weighted by Crippen LogP contribution is 2.39.